The van der Waals surface area contributed by atoms with Gasteiger partial charge in [-0.25, -0.2) is 0 Å². The van der Waals surface area contributed by atoms with Crippen molar-refractivity contribution in [2.75, 3.05) is 14.2 Å². The lowest BCUT2D eigenvalue weighted by molar-refractivity contribution is -0.168. The third kappa shape index (κ3) is 5.32. The second kappa shape index (κ2) is 9.98. The molecule has 0 unspecified atom stereocenters. The molecule has 4 nitrogen and oxygen atoms in total. The van der Waals surface area contributed by atoms with E-state index in [9.17, 15) is 9.59 Å². The standard InChI is InChI=1S/C23H22O4/c1-26-21(24)23(22(25)27-2,17-9-15-19-11-5-3-6-12-19)18-10-16-20-13-7-4-8-14-20/h3-9,11-15H,17-18H2,1-2H3/b15-9+. The van der Waals surface area contributed by atoms with Crippen LogP contribution in [0.1, 0.15) is 24.0 Å². The highest BCUT2D eigenvalue weighted by Crippen LogP contribution is 2.31. The predicted octanol–water partition coefficient (Wildman–Crippen LogP) is 3.86. The second-order valence-electron chi connectivity index (χ2n) is 5.93. The van der Waals surface area contributed by atoms with Gasteiger partial charge in [0.15, 0.2) is 5.41 Å². The Hall–Kier alpha value is -3.32. The van der Waals surface area contributed by atoms with E-state index in [2.05, 4.69) is 11.8 Å². The number of benzene rings is 2. The van der Waals surface area contributed by atoms with Crippen molar-refractivity contribution in [3.63, 3.8) is 0 Å². The lowest BCUT2D eigenvalue weighted by Gasteiger charge is -2.24. The number of carbonyl (C=O) groups is 2. The van der Waals surface area contributed by atoms with Gasteiger partial charge >= 0.3 is 11.9 Å². The number of methoxy groups -OCH3 is 2. The van der Waals surface area contributed by atoms with E-state index in [0.717, 1.165) is 11.1 Å². The molecule has 0 aliphatic carbocycles. The van der Waals surface area contributed by atoms with Gasteiger partial charge in [0.25, 0.3) is 0 Å². The summed E-state index contributed by atoms with van der Waals surface area (Å²) in [5, 5.41) is 0. The molecule has 0 fully saturated rings. The minimum absolute atomic E-state index is 0.000368. The van der Waals surface area contributed by atoms with Gasteiger partial charge in [0.2, 0.25) is 0 Å². The van der Waals surface area contributed by atoms with E-state index in [0.29, 0.717) is 0 Å². The van der Waals surface area contributed by atoms with Gasteiger partial charge < -0.3 is 9.47 Å². The molecule has 4 heteroatoms. The second-order valence-corrected chi connectivity index (χ2v) is 5.93. The zero-order valence-corrected chi connectivity index (χ0v) is 15.5. The maximum Gasteiger partial charge on any atom is 0.324 e. The molecular weight excluding hydrogens is 340 g/mol. The van der Waals surface area contributed by atoms with Crippen LogP contribution < -0.4 is 0 Å². The van der Waals surface area contributed by atoms with Crippen molar-refractivity contribution in [3.05, 3.63) is 77.9 Å². The topological polar surface area (TPSA) is 52.6 Å². The third-order valence-corrected chi connectivity index (χ3v) is 4.13. The summed E-state index contributed by atoms with van der Waals surface area (Å²) in [6.45, 7) is 0. The Bertz CT molecular complexity index is 826. The highest BCUT2D eigenvalue weighted by molar-refractivity contribution is 6.00. The van der Waals surface area contributed by atoms with Crippen LogP contribution >= 0.6 is 0 Å². The number of hydrogen-bond acceptors (Lipinski definition) is 4. The molecule has 2 aromatic rings. The molecule has 0 aliphatic rings. The highest BCUT2D eigenvalue weighted by Gasteiger charge is 2.47. The van der Waals surface area contributed by atoms with Crippen molar-refractivity contribution in [1.82, 2.24) is 0 Å². The summed E-state index contributed by atoms with van der Waals surface area (Å²) in [7, 11) is 2.51. The lowest BCUT2D eigenvalue weighted by Crippen LogP contribution is -2.40. The smallest absolute Gasteiger partial charge is 0.324 e. The average Bonchev–Trinajstić information content (AvgIpc) is 2.73. The van der Waals surface area contributed by atoms with Crippen LogP contribution in [0.3, 0.4) is 0 Å². The number of rotatable bonds is 6. The minimum atomic E-state index is -1.50. The van der Waals surface area contributed by atoms with E-state index in [1.54, 1.807) is 6.08 Å². The van der Waals surface area contributed by atoms with E-state index < -0.39 is 17.4 Å². The largest absolute Gasteiger partial charge is 0.468 e. The molecule has 2 aromatic carbocycles. The normalized spacial score (nSPS) is 10.7. The molecule has 0 aliphatic heterocycles. The van der Waals surface area contributed by atoms with Crippen molar-refractivity contribution in [3.8, 4) is 11.8 Å². The fraction of sp³-hybridized carbons (Fsp3) is 0.217. The van der Waals surface area contributed by atoms with Crippen LogP contribution in [-0.4, -0.2) is 26.2 Å². The van der Waals surface area contributed by atoms with Gasteiger partial charge in [-0.05, 0) is 24.1 Å². The van der Waals surface area contributed by atoms with Crippen molar-refractivity contribution in [2.45, 2.75) is 12.8 Å². The van der Waals surface area contributed by atoms with Gasteiger partial charge in [-0.3, -0.25) is 9.59 Å². The number of esters is 2. The van der Waals surface area contributed by atoms with Gasteiger partial charge in [0, 0.05) is 12.0 Å². The molecule has 0 saturated heterocycles. The first-order valence-electron chi connectivity index (χ1n) is 8.55. The van der Waals surface area contributed by atoms with Gasteiger partial charge in [-0.15, -0.1) is 0 Å². The SMILES string of the molecule is COC(=O)C(CC#Cc1ccccc1)(C/C=C/c1ccccc1)C(=O)OC. The number of ether oxygens (including phenoxy) is 2. The maximum absolute atomic E-state index is 12.5. The molecule has 0 bridgehead atoms. The predicted molar refractivity (Wildman–Crippen MR) is 104 cm³/mol. The first-order chi connectivity index (χ1) is 13.1. The molecule has 27 heavy (non-hydrogen) atoms. The molecule has 0 atom stereocenters. The van der Waals surface area contributed by atoms with E-state index in [4.69, 9.17) is 9.47 Å². The van der Waals surface area contributed by atoms with Gasteiger partial charge in [0.05, 0.1) is 14.2 Å². The van der Waals surface area contributed by atoms with Crippen molar-refractivity contribution in [1.29, 1.82) is 0 Å². The summed E-state index contributed by atoms with van der Waals surface area (Å²) in [6.07, 6.45) is 3.75. The van der Waals surface area contributed by atoms with Crippen LogP contribution in [0.5, 0.6) is 0 Å². The Morgan fingerprint density at radius 2 is 1.48 bits per heavy atom. The Morgan fingerprint density at radius 1 is 0.926 bits per heavy atom. The molecule has 2 rings (SSSR count). The number of allylic oxidation sites excluding steroid dienone is 1. The van der Waals surface area contributed by atoms with Crippen molar-refractivity contribution >= 4 is 18.0 Å². The van der Waals surface area contributed by atoms with E-state index in [1.807, 2.05) is 66.7 Å². The number of hydrogen-bond donors (Lipinski definition) is 0. The fourth-order valence-corrected chi connectivity index (χ4v) is 2.64. The summed E-state index contributed by atoms with van der Waals surface area (Å²) < 4.78 is 9.81. The molecule has 0 aromatic heterocycles. The zero-order valence-electron chi connectivity index (χ0n) is 15.5. The maximum atomic E-state index is 12.5. The van der Waals surface area contributed by atoms with Crippen molar-refractivity contribution < 1.29 is 19.1 Å². The van der Waals surface area contributed by atoms with E-state index in [-0.39, 0.29) is 12.8 Å². The first kappa shape index (κ1) is 20.0. The molecule has 0 radical (unpaired) electrons. The third-order valence-electron chi connectivity index (χ3n) is 4.13. The molecule has 0 amide bonds. The Balaban J connectivity index is 2.29. The lowest BCUT2D eigenvalue weighted by atomic mass is 9.80. The zero-order chi connectivity index (χ0) is 19.5. The molecule has 138 valence electrons. The van der Waals surface area contributed by atoms with Gasteiger partial charge in [0.1, 0.15) is 0 Å². The van der Waals surface area contributed by atoms with E-state index in [1.165, 1.54) is 14.2 Å². The minimum Gasteiger partial charge on any atom is -0.468 e. The number of carbonyl (C=O) groups excluding carboxylic acids is 2. The van der Waals surface area contributed by atoms with Crippen LogP contribution in [0.25, 0.3) is 6.08 Å². The average molecular weight is 362 g/mol. The summed E-state index contributed by atoms with van der Waals surface area (Å²) in [4.78, 5) is 25.0. The Labute approximate surface area is 159 Å². The summed E-state index contributed by atoms with van der Waals surface area (Å²) in [5.41, 5.74) is 0.272. The first-order valence-corrected chi connectivity index (χ1v) is 8.55. The van der Waals surface area contributed by atoms with Crippen molar-refractivity contribution in [2.24, 2.45) is 5.41 Å². The summed E-state index contributed by atoms with van der Waals surface area (Å²) in [6, 6.07) is 19.0. The Kier molecular flexibility index (Phi) is 7.39. The van der Waals surface area contributed by atoms with Gasteiger partial charge in [-0.2, -0.15) is 0 Å². The molecule has 0 N–H and O–H groups in total. The van der Waals surface area contributed by atoms with Crippen LogP contribution in [0, 0.1) is 17.3 Å². The summed E-state index contributed by atoms with van der Waals surface area (Å²) in [5.74, 6) is 4.60. The van der Waals surface area contributed by atoms with E-state index >= 15 is 0 Å². The quantitative estimate of drug-likeness (QED) is 0.445. The molecule has 0 spiro atoms. The highest BCUT2D eigenvalue weighted by atomic mass is 16.5. The fourth-order valence-electron chi connectivity index (χ4n) is 2.64. The summed E-state index contributed by atoms with van der Waals surface area (Å²) >= 11 is 0. The molecular formula is C23H22O4. The van der Waals surface area contributed by atoms with Gasteiger partial charge in [-0.1, -0.05) is 72.5 Å². The molecule has 0 saturated carbocycles. The Morgan fingerprint density at radius 3 is 2.04 bits per heavy atom. The monoisotopic (exact) mass is 362 g/mol. The van der Waals surface area contributed by atoms with Crippen LogP contribution in [0.4, 0.5) is 0 Å². The van der Waals surface area contributed by atoms with Crippen LogP contribution in [0.15, 0.2) is 66.7 Å². The van der Waals surface area contributed by atoms with Crippen LogP contribution in [0.2, 0.25) is 0 Å². The molecule has 0 heterocycles. The van der Waals surface area contributed by atoms with Crippen LogP contribution in [-0.2, 0) is 19.1 Å².